The van der Waals surface area contributed by atoms with Crippen LogP contribution in [-0.2, 0) is 0 Å². The zero-order chi connectivity index (χ0) is 8.32. The van der Waals surface area contributed by atoms with Crippen molar-refractivity contribution in [2.45, 2.75) is 11.6 Å². The molecule has 0 aliphatic heterocycles. The molecule has 0 aromatic carbocycles. The molecule has 12 heavy (non-hydrogen) atoms. The van der Waals surface area contributed by atoms with Crippen LogP contribution >= 0.6 is 0 Å². The minimum atomic E-state index is -0.191. The van der Waals surface area contributed by atoms with Crippen molar-refractivity contribution in [3.63, 3.8) is 0 Å². The second kappa shape index (κ2) is 5.70. The molecule has 0 fully saturated rings. The molecule has 0 bridgehead atoms. The third-order valence-corrected chi connectivity index (χ3v) is 2.14. The van der Waals surface area contributed by atoms with E-state index in [0.29, 0.717) is 0 Å². The molecule has 0 radical (unpaired) electrons. The molecule has 0 saturated heterocycles. The topological polar surface area (TPSA) is 24.1 Å². The zero-order valence-corrected chi connectivity index (χ0v) is 11.2. The average molecular weight is 190 g/mol. The molecule has 0 amide bonds. The summed E-state index contributed by atoms with van der Waals surface area (Å²) in [6.07, 6.45) is 8.21. The summed E-state index contributed by atoms with van der Waals surface area (Å²) in [7, 11) is 3.85. The summed E-state index contributed by atoms with van der Waals surface area (Å²) in [4.78, 5) is 0. The standard InChI is InChI=1S/C9H15N2.K/c1-9(11-3)7-5-4-6-8(9)10-2;/h4-8,10-11H,1H2,2-3H3;/q-1;+1. The van der Waals surface area contributed by atoms with Crippen LogP contribution in [0.25, 0.3) is 0 Å². The van der Waals surface area contributed by atoms with Gasteiger partial charge >= 0.3 is 51.4 Å². The fourth-order valence-corrected chi connectivity index (χ4v) is 1.27. The monoisotopic (exact) mass is 190 g/mol. The van der Waals surface area contributed by atoms with Gasteiger partial charge in [-0.3, -0.25) is 0 Å². The fraction of sp³-hybridized carbons (Fsp3) is 0.444. The van der Waals surface area contributed by atoms with Crippen molar-refractivity contribution in [3.8, 4) is 0 Å². The van der Waals surface area contributed by atoms with Gasteiger partial charge in [-0.05, 0) is 14.1 Å². The summed E-state index contributed by atoms with van der Waals surface area (Å²) in [6.45, 7) is 4.09. The molecule has 3 heteroatoms. The van der Waals surface area contributed by atoms with Gasteiger partial charge in [0.1, 0.15) is 0 Å². The Hall–Kier alpha value is 1.04. The molecule has 1 aliphatic rings. The number of likely N-dealkylation sites (N-methyl/N-ethyl adjacent to an activating group) is 2. The summed E-state index contributed by atoms with van der Waals surface area (Å²) in [6, 6.07) is 0.275. The third-order valence-electron chi connectivity index (χ3n) is 2.14. The molecule has 0 aromatic rings. The van der Waals surface area contributed by atoms with Gasteiger partial charge in [-0.1, -0.05) is 29.8 Å². The summed E-state index contributed by atoms with van der Waals surface area (Å²) in [5.41, 5.74) is -0.191. The van der Waals surface area contributed by atoms with E-state index in [1.165, 1.54) is 0 Å². The van der Waals surface area contributed by atoms with Gasteiger partial charge in [0.15, 0.2) is 0 Å². The largest absolute Gasteiger partial charge is 1.00 e. The Morgan fingerprint density at radius 2 is 2.00 bits per heavy atom. The Kier molecular flexibility index (Phi) is 6.19. The van der Waals surface area contributed by atoms with E-state index >= 15 is 0 Å². The van der Waals surface area contributed by atoms with Crippen molar-refractivity contribution in [1.29, 1.82) is 0 Å². The van der Waals surface area contributed by atoms with E-state index in [0.717, 1.165) is 0 Å². The normalized spacial score (nSPS) is 33.1. The minimum Gasteiger partial charge on any atom is -0.338 e. The van der Waals surface area contributed by atoms with Gasteiger partial charge in [0.2, 0.25) is 0 Å². The van der Waals surface area contributed by atoms with Crippen LogP contribution in [0.5, 0.6) is 0 Å². The fourth-order valence-electron chi connectivity index (χ4n) is 1.27. The maximum absolute atomic E-state index is 4.09. The SMILES string of the molecule is [CH2-]C1(NC)C=CC=CC1NC.[K+]. The number of nitrogens with one attached hydrogen (secondary N) is 2. The number of rotatable bonds is 2. The van der Waals surface area contributed by atoms with Crippen molar-refractivity contribution in [2.24, 2.45) is 0 Å². The maximum atomic E-state index is 4.09. The van der Waals surface area contributed by atoms with Crippen LogP contribution in [0.15, 0.2) is 24.3 Å². The Bertz CT molecular complexity index is 189. The van der Waals surface area contributed by atoms with Gasteiger partial charge in [0.05, 0.1) is 0 Å². The third kappa shape index (κ3) is 2.77. The van der Waals surface area contributed by atoms with Crippen molar-refractivity contribution in [1.82, 2.24) is 10.6 Å². The van der Waals surface area contributed by atoms with Crippen LogP contribution in [0.3, 0.4) is 0 Å². The van der Waals surface area contributed by atoms with E-state index in [4.69, 9.17) is 0 Å². The number of hydrogen-bond acceptors (Lipinski definition) is 2. The van der Waals surface area contributed by atoms with Gasteiger partial charge in [0.25, 0.3) is 0 Å². The molecule has 1 rings (SSSR count). The van der Waals surface area contributed by atoms with Gasteiger partial charge in [-0.15, -0.1) is 0 Å². The first-order valence-corrected chi connectivity index (χ1v) is 3.80. The first-order valence-electron chi connectivity index (χ1n) is 3.80. The second-order valence-electron chi connectivity index (χ2n) is 2.80. The predicted molar refractivity (Wildman–Crippen MR) is 48.3 cm³/mol. The van der Waals surface area contributed by atoms with Gasteiger partial charge < -0.3 is 17.6 Å². The van der Waals surface area contributed by atoms with E-state index in [-0.39, 0.29) is 63.0 Å². The van der Waals surface area contributed by atoms with E-state index in [9.17, 15) is 0 Å². The second-order valence-corrected chi connectivity index (χ2v) is 2.80. The smallest absolute Gasteiger partial charge is 0.338 e. The summed E-state index contributed by atoms with van der Waals surface area (Å²) in [5.74, 6) is 0. The number of hydrogen-bond donors (Lipinski definition) is 2. The molecule has 62 valence electrons. The Morgan fingerprint density at radius 3 is 2.42 bits per heavy atom. The van der Waals surface area contributed by atoms with Crippen molar-refractivity contribution >= 4 is 0 Å². The van der Waals surface area contributed by atoms with Gasteiger partial charge in [-0.25, -0.2) is 0 Å². The molecule has 2 unspecified atom stereocenters. The Balaban J connectivity index is 0.00000121. The molecule has 2 nitrogen and oxygen atoms in total. The molecular formula is C9H15KN2. The zero-order valence-electron chi connectivity index (χ0n) is 8.09. The van der Waals surface area contributed by atoms with E-state index < -0.39 is 0 Å². The maximum Gasteiger partial charge on any atom is 1.00 e. The van der Waals surface area contributed by atoms with Crippen LogP contribution in [-0.4, -0.2) is 25.7 Å². The average Bonchev–Trinajstić information content (AvgIpc) is 2.05. The Labute approximate surface area is 117 Å². The number of allylic oxidation sites excluding steroid dienone is 2. The first kappa shape index (κ1) is 13.0. The molecule has 0 heterocycles. The molecule has 0 aromatic heterocycles. The van der Waals surface area contributed by atoms with Crippen molar-refractivity contribution < 1.29 is 51.4 Å². The molecule has 1 aliphatic carbocycles. The van der Waals surface area contributed by atoms with Gasteiger partial charge in [-0.2, -0.15) is 0 Å². The summed E-state index contributed by atoms with van der Waals surface area (Å²) >= 11 is 0. The van der Waals surface area contributed by atoms with Crippen molar-refractivity contribution in [3.05, 3.63) is 31.2 Å². The molecular weight excluding hydrogens is 175 g/mol. The van der Waals surface area contributed by atoms with Crippen LogP contribution in [0.1, 0.15) is 0 Å². The first-order chi connectivity index (χ1) is 5.23. The van der Waals surface area contributed by atoms with Gasteiger partial charge in [0, 0.05) is 6.04 Å². The van der Waals surface area contributed by atoms with Crippen LogP contribution < -0.4 is 62.0 Å². The van der Waals surface area contributed by atoms with E-state index in [1.54, 1.807) is 0 Å². The summed E-state index contributed by atoms with van der Waals surface area (Å²) in [5, 5.41) is 6.35. The van der Waals surface area contributed by atoms with Crippen LogP contribution in [0.2, 0.25) is 0 Å². The minimum absolute atomic E-state index is 0. The molecule has 0 spiro atoms. The quantitative estimate of drug-likeness (QED) is 0.371. The van der Waals surface area contributed by atoms with Crippen LogP contribution in [0.4, 0.5) is 0 Å². The van der Waals surface area contributed by atoms with Crippen molar-refractivity contribution in [2.75, 3.05) is 14.1 Å². The molecule has 2 atom stereocenters. The predicted octanol–water partition coefficient (Wildman–Crippen LogP) is -2.50. The van der Waals surface area contributed by atoms with Crippen LogP contribution in [0, 0.1) is 6.92 Å². The van der Waals surface area contributed by atoms with E-state index in [1.807, 2.05) is 26.2 Å². The molecule has 0 saturated carbocycles. The Morgan fingerprint density at radius 1 is 1.33 bits per heavy atom. The summed E-state index contributed by atoms with van der Waals surface area (Å²) < 4.78 is 0. The van der Waals surface area contributed by atoms with E-state index in [2.05, 4.69) is 29.7 Å². The molecule has 2 N–H and O–H groups in total.